The number of amides is 2. The summed E-state index contributed by atoms with van der Waals surface area (Å²) in [5.74, 6) is -1.29. The van der Waals surface area contributed by atoms with E-state index in [4.69, 9.17) is 20.6 Å². The highest BCUT2D eigenvalue weighted by Gasteiger charge is 2.65. The SMILES string of the molecule is Cl.N=C(N)c1ccc(C2C3C(=O)N(Cc4ccc5c(c4)OCO5)C(=O)C3C3CS(=O)(=O)CN32)cc1. The lowest BCUT2D eigenvalue weighted by molar-refractivity contribution is -0.142. The number of nitrogens with one attached hydrogen (secondary N) is 1. The van der Waals surface area contributed by atoms with Gasteiger partial charge in [0.15, 0.2) is 21.3 Å². The normalized spacial score (nSPS) is 28.1. The number of hydrogen-bond acceptors (Lipinski definition) is 8. The van der Waals surface area contributed by atoms with Crippen molar-refractivity contribution in [1.82, 2.24) is 9.80 Å². The summed E-state index contributed by atoms with van der Waals surface area (Å²) in [5.41, 5.74) is 7.54. The van der Waals surface area contributed by atoms with Crippen LogP contribution in [0.4, 0.5) is 0 Å². The Morgan fingerprint density at radius 3 is 2.43 bits per heavy atom. The average molecular weight is 519 g/mol. The molecule has 2 aromatic rings. The molecule has 0 radical (unpaired) electrons. The van der Waals surface area contributed by atoms with Crippen molar-refractivity contribution in [2.24, 2.45) is 17.6 Å². The van der Waals surface area contributed by atoms with E-state index in [0.717, 1.165) is 11.1 Å². The van der Waals surface area contributed by atoms with E-state index in [-0.39, 0.29) is 55.0 Å². The monoisotopic (exact) mass is 518 g/mol. The zero-order chi connectivity index (χ0) is 23.8. The average Bonchev–Trinajstić information content (AvgIpc) is 3.51. The van der Waals surface area contributed by atoms with Gasteiger partial charge in [0.05, 0.1) is 24.1 Å². The van der Waals surface area contributed by atoms with Gasteiger partial charge in [-0.1, -0.05) is 30.3 Å². The second kappa shape index (κ2) is 8.21. The van der Waals surface area contributed by atoms with Crippen molar-refractivity contribution in [3.05, 3.63) is 59.2 Å². The minimum Gasteiger partial charge on any atom is -0.454 e. The van der Waals surface area contributed by atoms with E-state index < -0.39 is 33.8 Å². The molecule has 3 N–H and O–H groups in total. The molecule has 2 amide bonds. The molecule has 184 valence electrons. The topological polar surface area (TPSA) is 143 Å². The number of nitrogens with two attached hydrogens (primary N) is 1. The van der Waals surface area contributed by atoms with Gasteiger partial charge in [-0.3, -0.25) is 24.8 Å². The summed E-state index contributed by atoms with van der Waals surface area (Å²) >= 11 is 0. The van der Waals surface area contributed by atoms with Crippen molar-refractivity contribution < 1.29 is 27.5 Å². The standard InChI is InChI=1S/C23H22N4O6S.ClH/c24-21(25)14-4-2-13(3-5-14)20-19-18(15-9-34(30,31)10-27(15)20)22(28)26(23(19)29)8-12-1-6-16-17(7-12)33-11-32-16;/h1-7,15,18-20H,8-11H2,(H3,24,25);1H. The second-order valence-corrected chi connectivity index (χ2v) is 11.2. The first kappa shape index (κ1) is 23.6. The van der Waals surface area contributed by atoms with Gasteiger partial charge in [-0.25, -0.2) is 8.42 Å². The lowest BCUT2D eigenvalue weighted by Gasteiger charge is -2.28. The number of ether oxygens (including phenoxy) is 2. The summed E-state index contributed by atoms with van der Waals surface area (Å²) in [6, 6.07) is 11.0. The highest BCUT2D eigenvalue weighted by Crippen LogP contribution is 2.52. The largest absolute Gasteiger partial charge is 0.454 e. The molecule has 6 rings (SSSR count). The number of likely N-dealkylation sites (tertiary alicyclic amines) is 1. The minimum atomic E-state index is -3.37. The van der Waals surface area contributed by atoms with Crippen molar-refractivity contribution >= 4 is 39.9 Å². The van der Waals surface area contributed by atoms with E-state index in [1.54, 1.807) is 47.4 Å². The number of rotatable bonds is 4. The summed E-state index contributed by atoms with van der Waals surface area (Å²) in [6.45, 7) is 0.206. The molecule has 0 bridgehead atoms. The van der Waals surface area contributed by atoms with Gasteiger partial charge in [-0.2, -0.15) is 0 Å². The number of benzene rings is 2. The maximum absolute atomic E-state index is 13.6. The first-order valence-electron chi connectivity index (χ1n) is 10.9. The van der Waals surface area contributed by atoms with Gasteiger partial charge in [0.1, 0.15) is 11.7 Å². The molecular weight excluding hydrogens is 496 g/mol. The third-order valence-electron chi connectivity index (χ3n) is 7.14. The lowest BCUT2D eigenvalue weighted by Crippen LogP contribution is -2.39. The summed E-state index contributed by atoms with van der Waals surface area (Å²) in [6.07, 6.45) is 0. The number of hydrogen-bond donors (Lipinski definition) is 2. The van der Waals surface area contributed by atoms with Gasteiger partial charge < -0.3 is 15.2 Å². The predicted octanol–water partition coefficient (Wildman–Crippen LogP) is 1.03. The van der Waals surface area contributed by atoms with E-state index in [9.17, 15) is 18.0 Å². The molecule has 2 aromatic carbocycles. The first-order chi connectivity index (χ1) is 16.2. The molecule has 3 saturated heterocycles. The molecule has 0 aliphatic carbocycles. The van der Waals surface area contributed by atoms with Crippen molar-refractivity contribution in [1.29, 1.82) is 5.41 Å². The Hall–Kier alpha value is -3.15. The second-order valence-electron chi connectivity index (χ2n) is 9.10. The quantitative estimate of drug-likeness (QED) is 0.347. The molecular formula is C23H23ClN4O6S. The van der Waals surface area contributed by atoms with Gasteiger partial charge in [0.25, 0.3) is 0 Å². The van der Waals surface area contributed by atoms with Crippen LogP contribution in [0.25, 0.3) is 0 Å². The van der Waals surface area contributed by atoms with E-state index in [0.29, 0.717) is 17.1 Å². The molecule has 4 unspecified atom stereocenters. The maximum Gasteiger partial charge on any atom is 0.235 e. The summed E-state index contributed by atoms with van der Waals surface area (Å²) in [5, 5.41) is 7.61. The zero-order valence-corrected chi connectivity index (χ0v) is 20.1. The minimum absolute atomic E-state index is 0. The fraction of sp³-hybridized carbons (Fsp3) is 0.348. The van der Waals surface area contributed by atoms with Crippen LogP contribution in [-0.4, -0.2) is 60.3 Å². The fourth-order valence-corrected chi connectivity index (χ4v) is 7.51. The molecule has 12 heteroatoms. The number of imide groups is 1. The van der Waals surface area contributed by atoms with Crippen LogP contribution in [0.1, 0.15) is 22.7 Å². The fourth-order valence-electron chi connectivity index (χ4n) is 5.68. The van der Waals surface area contributed by atoms with Crippen LogP contribution in [0.5, 0.6) is 11.5 Å². The Morgan fingerprint density at radius 2 is 1.71 bits per heavy atom. The van der Waals surface area contributed by atoms with Crippen LogP contribution in [-0.2, 0) is 26.0 Å². The molecule has 3 fully saturated rings. The van der Waals surface area contributed by atoms with Crippen LogP contribution in [0.2, 0.25) is 0 Å². The van der Waals surface area contributed by atoms with Crippen LogP contribution in [0, 0.1) is 17.2 Å². The van der Waals surface area contributed by atoms with Crippen molar-refractivity contribution in [3.8, 4) is 11.5 Å². The smallest absolute Gasteiger partial charge is 0.235 e. The molecule has 4 atom stereocenters. The van der Waals surface area contributed by atoms with E-state index in [1.165, 1.54) is 4.90 Å². The predicted molar refractivity (Wildman–Crippen MR) is 127 cm³/mol. The zero-order valence-electron chi connectivity index (χ0n) is 18.4. The van der Waals surface area contributed by atoms with Crippen molar-refractivity contribution in [2.75, 3.05) is 18.4 Å². The summed E-state index contributed by atoms with van der Waals surface area (Å²) < 4.78 is 35.7. The van der Waals surface area contributed by atoms with Gasteiger partial charge in [-0.05, 0) is 23.3 Å². The summed E-state index contributed by atoms with van der Waals surface area (Å²) in [4.78, 5) is 30.1. The Morgan fingerprint density at radius 1 is 1.03 bits per heavy atom. The molecule has 4 aliphatic rings. The highest BCUT2D eigenvalue weighted by molar-refractivity contribution is 7.91. The van der Waals surface area contributed by atoms with Gasteiger partial charge >= 0.3 is 0 Å². The van der Waals surface area contributed by atoms with Crippen molar-refractivity contribution in [3.63, 3.8) is 0 Å². The summed E-state index contributed by atoms with van der Waals surface area (Å²) in [7, 11) is -3.37. The van der Waals surface area contributed by atoms with E-state index in [1.807, 2.05) is 0 Å². The highest BCUT2D eigenvalue weighted by atomic mass is 35.5. The third-order valence-corrected chi connectivity index (χ3v) is 8.68. The molecule has 4 heterocycles. The third kappa shape index (κ3) is 3.65. The number of amidine groups is 1. The molecule has 4 aliphatic heterocycles. The Balaban J connectivity index is 0.00000253. The molecule has 10 nitrogen and oxygen atoms in total. The lowest BCUT2D eigenvalue weighted by atomic mass is 9.86. The van der Waals surface area contributed by atoms with Crippen molar-refractivity contribution in [2.45, 2.75) is 18.6 Å². The van der Waals surface area contributed by atoms with Gasteiger partial charge in [-0.15, -0.1) is 12.4 Å². The number of halogens is 1. The molecule has 0 spiro atoms. The number of nitrogens with zero attached hydrogens (tertiary/aromatic N) is 2. The van der Waals surface area contributed by atoms with Gasteiger partial charge in [0.2, 0.25) is 18.6 Å². The van der Waals surface area contributed by atoms with Crippen LogP contribution < -0.4 is 15.2 Å². The Bertz CT molecular complexity index is 1350. The molecule has 0 aromatic heterocycles. The van der Waals surface area contributed by atoms with Gasteiger partial charge in [0, 0.05) is 17.6 Å². The Kier molecular flexibility index (Phi) is 5.53. The van der Waals surface area contributed by atoms with E-state index >= 15 is 0 Å². The van der Waals surface area contributed by atoms with Crippen LogP contribution in [0.15, 0.2) is 42.5 Å². The molecule has 0 saturated carbocycles. The van der Waals surface area contributed by atoms with Crippen LogP contribution >= 0.6 is 12.4 Å². The number of nitrogen functional groups attached to an aromatic ring is 1. The first-order valence-corrected chi connectivity index (χ1v) is 12.7. The number of carbonyl (C=O) groups is 2. The molecule has 35 heavy (non-hydrogen) atoms. The van der Waals surface area contributed by atoms with Crippen LogP contribution in [0.3, 0.4) is 0 Å². The maximum atomic E-state index is 13.6. The Labute approximate surface area is 207 Å². The number of carbonyl (C=O) groups excluding carboxylic acids is 2. The van der Waals surface area contributed by atoms with E-state index in [2.05, 4.69) is 0 Å². The number of fused-ring (bicyclic) bond motifs is 4. The number of sulfone groups is 1.